The third-order valence-electron chi connectivity index (χ3n) is 4.94. The average molecular weight is 338 g/mol. The third-order valence-corrected chi connectivity index (χ3v) is 4.94. The predicted octanol–water partition coefficient (Wildman–Crippen LogP) is 4.94. The standard InChI is InChI=1S/C22H16BFN2/c24-18-9-4-5-10-19(18)26-16-14-23-13-15-25(17-7-2-1-3-8-17)20-11-6-12-21(26)22(20)23/h1-16H. The zero-order valence-electron chi connectivity index (χ0n) is 14.1. The van der Waals surface area contributed by atoms with Gasteiger partial charge in [0.15, 0.2) is 0 Å². The summed E-state index contributed by atoms with van der Waals surface area (Å²) in [4.78, 5) is 4.13. The van der Waals surface area contributed by atoms with Gasteiger partial charge >= 0.3 is 0 Å². The fourth-order valence-corrected chi connectivity index (χ4v) is 3.75. The Balaban J connectivity index is 1.68. The van der Waals surface area contributed by atoms with Crippen LogP contribution in [0.5, 0.6) is 0 Å². The molecule has 2 nitrogen and oxygen atoms in total. The molecule has 124 valence electrons. The van der Waals surface area contributed by atoms with E-state index < -0.39 is 0 Å². The van der Waals surface area contributed by atoms with E-state index in [4.69, 9.17) is 0 Å². The Morgan fingerprint density at radius 3 is 2.00 bits per heavy atom. The summed E-state index contributed by atoms with van der Waals surface area (Å²) < 4.78 is 14.4. The molecular formula is C22H16BFN2. The molecule has 3 aromatic rings. The van der Waals surface area contributed by atoms with E-state index in [2.05, 4.69) is 47.3 Å². The lowest BCUT2D eigenvalue weighted by Gasteiger charge is -2.36. The van der Waals surface area contributed by atoms with Crippen LogP contribution >= 0.6 is 0 Å². The lowest BCUT2D eigenvalue weighted by atomic mass is 9.42. The van der Waals surface area contributed by atoms with Gasteiger partial charge in [-0.15, -0.1) is 0 Å². The Hall–Kier alpha value is -3.27. The molecule has 0 saturated heterocycles. The van der Waals surface area contributed by atoms with Crippen LogP contribution in [0.1, 0.15) is 0 Å². The first-order valence-corrected chi connectivity index (χ1v) is 8.70. The lowest BCUT2D eigenvalue weighted by Crippen LogP contribution is -2.41. The molecular weight excluding hydrogens is 322 g/mol. The molecule has 5 rings (SSSR count). The first-order valence-electron chi connectivity index (χ1n) is 8.70. The number of hydrogen-bond acceptors (Lipinski definition) is 2. The molecule has 0 unspecified atom stereocenters. The Kier molecular flexibility index (Phi) is 3.42. The van der Waals surface area contributed by atoms with Crippen LogP contribution < -0.4 is 15.3 Å². The van der Waals surface area contributed by atoms with Crippen molar-refractivity contribution in [2.24, 2.45) is 0 Å². The van der Waals surface area contributed by atoms with Gasteiger partial charge in [-0.3, -0.25) is 0 Å². The van der Waals surface area contributed by atoms with Crippen molar-refractivity contribution in [3.8, 4) is 0 Å². The maximum Gasteiger partial charge on any atom is 0.234 e. The van der Waals surface area contributed by atoms with E-state index in [0.717, 1.165) is 17.1 Å². The fraction of sp³-hybridized carbons (Fsp3) is 0. The normalized spacial score (nSPS) is 14.6. The first kappa shape index (κ1) is 15.0. The molecule has 0 aliphatic carbocycles. The van der Waals surface area contributed by atoms with Gasteiger partial charge in [0.2, 0.25) is 6.71 Å². The number of anilines is 4. The summed E-state index contributed by atoms with van der Waals surface area (Å²) in [7, 11) is 0. The summed E-state index contributed by atoms with van der Waals surface area (Å²) in [6.45, 7) is 0.198. The summed E-state index contributed by atoms with van der Waals surface area (Å²) in [6, 6.07) is 23.4. The van der Waals surface area contributed by atoms with E-state index in [9.17, 15) is 4.39 Å². The summed E-state index contributed by atoms with van der Waals surface area (Å²) >= 11 is 0. The molecule has 0 radical (unpaired) electrons. The van der Waals surface area contributed by atoms with E-state index in [1.165, 1.54) is 11.5 Å². The molecule has 0 N–H and O–H groups in total. The van der Waals surface area contributed by atoms with Gasteiger partial charge in [-0.25, -0.2) is 4.39 Å². The average Bonchev–Trinajstić information content (AvgIpc) is 2.70. The minimum atomic E-state index is -0.223. The molecule has 0 atom stereocenters. The number of benzene rings is 3. The Morgan fingerprint density at radius 1 is 0.615 bits per heavy atom. The summed E-state index contributed by atoms with van der Waals surface area (Å²) in [6.07, 6.45) is 4.09. The van der Waals surface area contributed by atoms with Crippen molar-refractivity contribution in [1.29, 1.82) is 0 Å². The Bertz CT molecular complexity index is 1030. The second kappa shape index (κ2) is 5.92. The molecule has 0 aromatic heterocycles. The van der Waals surface area contributed by atoms with Gasteiger partial charge in [-0.2, -0.15) is 0 Å². The molecule has 3 aromatic carbocycles. The second-order valence-corrected chi connectivity index (χ2v) is 6.45. The zero-order chi connectivity index (χ0) is 17.5. The Morgan fingerprint density at radius 2 is 1.23 bits per heavy atom. The van der Waals surface area contributed by atoms with Crippen molar-refractivity contribution in [1.82, 2.24) is 0 Å². The summed E-state index contributed by atoms with van der Waals surface area (Å²) in [5.41, 5.74) is 5.03. The van der Waals surface area contributed by atoms with Crippen LogP contribution in [0.25, 0.3) is 0 Å². The van der Waals surface area contributed by atoms with Crippen molar-refractivity contribution < 1.29 is 4.39 Å². The van der Waals surface area contributed by atoms with E-state index in [1.807, 2.05) is 47.5 Å². The first-order chi connectivity index (χ1) is 12.8. The number of halogens is 1. The highest BCUT2D eigenvalue weighted by atomic mass is 19.1. The largest absolute Gasteiger partial charge is 0.319 e. The highest BCUT2D eigenvalue weighted by Crippen LogP contribution is 2.36. The molecule has 2 heterocycles. The van der Waals surface area contributed by atoms with Crippen molar-refractivity contribution in [3.63, 3.8) is 0 Å². The van der Waals surface area contributed by atoms with E-state index in [-0.39, 0.29) is 12.5 Å². The molecule has 0 amide bonds. The molecule has 0 saturated carbocycles. The van der Waals surface area contributed by atoms with Gasteiger partial charge in [0.1, 0.15) is 5.82 Å². The van der Waals surface area contributed by atoms with Crippen LogP contribution in [-0.4, -0.2) is 6.71 Å². The van der Waals surface area contributed by atoms with Gasteiger partial charge in [-0.05, 0) is 54.3 Å². The number of rotatable bonds is 2. The summed E-state index contributed by atoms with van der Waals surface area (Å²) in [5, 5.41) is 0. The van der Waals surface area contributed by atoms with E-state index in [0.29, 0.717) is 5.69 Å². The van der Waals surface area contributed by atoms with Crippen LogP contribution in [0.2, 0.25) is 0 Å². The molecule has 26 heavy (non-hydrogen) atoms. The van der Waals surface area contributed by atoms with Crippen molar-refractivity contribution in [2.45, 2.75) is 0 Å². The maximum atomic E-state index is 14.4. The van der Waals surface area contributed by atoms with Crippen LogP contribution in [0, 0.1) is 5.82 Å². The molecule has 2 aliphatic heterocycles. The highest BCUT2D eigenvalue weighted by molar-refractivity contribution is 6.85. The van der Waals surface area contributed by atoms with Gasteiger partial charge in [0, 0.05) is 17.1 Å². The molecule has 2 aliphatic rings. The number of hydrogen-bond donors (Lipinski definition) is 0. The second-order valence-electron chi connectivity index (χ2n) is 6.45. The molecule has 0 bridgehead atoms. The quantitative estimate of drug-likeness (QED) is 0.611. The van der Waals surface area contributed by atoms with Crippen LogP contribution in [0.3, 0.4) is 0 Å². The highest BCUT2D eigenvalue weighted by Gasteiger charge is 2.31. The van der Waals surface area contributed by atoms with Crippen LogP contribution in [-0.2, 0) is 0 Å². The van der Waals surface area contributed by atoms with Crippen LogP contribution in [0.4, 0.5) is 27.1 Å². The van der Waals surface area contributed by atoms with Gasteiger partial charge < -0.3 is 9.80 Å². The molecule has 0 fully saturated rings. The number of para-hydroxylation sites is 2. The van der Waals surface area contributed by atoms with E-state index in [1.54, 1.807) is 6.07 Å². The van der Waals surface area contributed by atoms with Crippen LogP contribution in [0.15, 0.2) is 97.1 Å². The van der Waals surface area contributed by atoms with Crippen molar-refractivity contribution in [3.05, 3.63) is 103 Å². The fourth-order valence-electron chi connectivity index (χ4n) is 3.75. The zero-order valence-corrected chi connectivity index (χ0v) is 14.1. The van der Waals surface area contributed by atoms with Crippen molar-refractivity contribution >= 4 is 34.9 Å². The smallest absolute Gasteiger partial charge is 0.234 e. The van der Waals surface area contributed by atoms with Gasteiger partial charge in [0.05, 0.1) is 5.69 Å². The number of nitrogens with zero attached hydrogens (tertiary/aromatic N) is 2. The maximum absolute atomic E-state index is 14.4. The monoisotopic (exact) mass is 338 g/mol. The topological polar surface area (TPSA) is 6.48 Å². The minimum absolute atomic E-state index is 0.198. The van der Waals surface area contributed by atoms with E-state index >= 15 is 0 Å². The molecule has 0 spiro atoms. The van der Waals surface area contributed by atoms with Gasteiger partial charge in [-0.1, -0.05) is 48.3 Å². The minimum Gasteiger partial charge on any atom is -0.319 e. The predicted molar refractivity (Wildman–Crippen MR) is 107 cm³/mol. The molecule has 4 heteroatoms. The third kappa shape index (κ3) is 2.26. The Labute approximate surface area is 152 Å². The SMILES string of the molecule is Fc1ccccc1N1C=CB2C=CN(c3ccccc3)c3cccc1c32. The van der Waals surface area contributed by atoms with Gasteiger partial charge in [0.25, 0.3) is 0 Å². The lowest BCUT2D eigenvalue weighted by molar-refractivity contribution is 0.628. The summed E-state index contributed by atoms with van der Waals surface area (Å²) in [5.74, 6) is 4.09. The van der Waals surface area contributed by atoms with Crippen molar-refractivity contribution in [2.75, 3.05) is 9.80 Å².